The maximum atomic E-state index is 11.3. The second-order valence-electron chi connectivity index (χ2n) is 4.25. The Hall–Kier alpha value is -0.610. The van der Waals surface area contributed by atoms with Gasteiger partial charge in [0.05, 0.1) is 12.7 Å². The number of carbonyl (C=O) groups excluding carboxylic acids is 1. The Labute approximate surface area is 91.3 Å². The minimum atomic E-state index is -0.0331. The zero-order valence-electron chi connectivity index (χ0n) is 9.62. The summed E-state index contributed by atoms with van der Waals surface area (Å²) >= 11 is 0. The van der Waals surface area contributed by atoms with Crippen molar-refractivity contribution in [3.05, 3.63) is 0 Å². The van der Waals surface area contributed by atoms with Gasteiger partial charge in [-0.05, 0) is 32.6 Å². The highest BCUT2D eigenvalue weighted by Crippen LogP contribution is 2.11. The van der Waals surface area contributed by atoms with Gasteiger partial charge in [0.2, 0.25) is 5.91 Å². The van der Waals surface area contributed by atoms with Crippen molar-refractivity contribution in [2.45, 2.75) is 32.8 Å². The van der Waals surface area contributed by atoms with Crippen LogP contribution in [-0.2, 0) is 14.3 Å². The van der Waals surface area contributed by atoms with Crippen LogP contribution in [0.1, 0.15) is 26.7 Å². The molecule has 1 saturated heterocycles. The average molecular weight is 215 g/mol. The van der Waals surface area contributed by atoms with E-state index in [4.69, 9.17) is 9.47 Å². The Balaban J connectivity index is 2.05. The molecule has 1 aliphatic heterocycles. The molecular weight excluding hydrogens is 194 g/mol. The normalized spacial score (nSPS) is 21.7. The van der Waals surface area contributed by atoms with Crippen molar-refractivity contribution in [2.75, 3.05) is 26.4 Å². The van der Waals surface area contributed by atoms with Crippen molar-refractivity contribution in [1.82, 2.24) is 5.32 Å². The minimum absolute atomic E-state index is 0.0331. The maximum Gasteiger partial charge on any atom is 0.246 e. The number of carbonyl (C=O) groups is 1. The van der Waals surface area contributed by atoms with E-state index in [0.717, 1.165) is 26.1 Å². The fourth-order valence-electron chi connectivity index (χ4n) is 1.52. The van der Waals surface area contributed by atoms with E-state index in [1.54, 1.807) is 0 Å². The van der Waals surface area contributed by atoms with Gasteiger partial charge in [-0.2, -0.15) is 0 Å². The molecule has 1 amide bonds. The van der Waals surface area contributed by atoms with Crippen molar-refractivity contribution in [3.8, 4) is 0 Å². The van der Waals surface area contributed by atoms with Crippen molar-refractivity contribution in [3.63, 3.8) is 0 Å². The lowest BCUT2D eigenvalue weighted by Crippen LogP contribution is -2.35. The molecule has 1 atom stereocenters. The molecule has 1 unspecified atom stereocenters. The minimum Gasteiger partial charge on any atom is -0.381 e. The van der Waals surface area contributed by atoms with Crippen LogP contribution < -0.4 is 5.32 Å². The predicted molar refractivity (Wildman–Crippen MR) is 57.6 cm³/mol. The van der Waals surface area contributed by atoms with Crippen LogP contribution in [0.25, 0.3) is 0 Å². The van der Waals surface area contributed by atoms with Crippen molar-refractivity contribution in [2.24, 2.45) is 5.92 Å². The monoisotopic (exact) mass is 215 g/mol. The van der Waals surface area contributed by atoms with Gasteiger partial charge in [-0.1, -0.05) is 0 Å². The molecule has 4 heteroatoms. The molecule has 1 N–H and O–H groups in total. The van der Waals surface area contributed by atoms with Crippen molar-refractivity contribution < 1.29 is 14.3 Å². The number of ether oxygens (including phenoxy) is 2. The Bertz CT molecular complexity index is 188. The largest absolute Gasteiger partial charge is 0.381 e. The van der Waals surface area contributed by atoms with Crippen LogP contribution in [0.5, 0.6) is 0 Å². The molecule has 15 heavy (non-hydrogen) atoms. The average Bonchev–Trinajstić information content (AvgIpc) is 2.25. The standard InChI is InChI=1S/C11H21NO3/c1-9(2)15-8-11(13)12-6-10-4-3-5-14-7-10/h9-10H,3-8H2,1-2H3,(H,12,13). The number of hydrogen-bond donors (Lipinski definition) is 1. The molecule has 0 saturated carbocycles. The molecule has 1 heterocycles. The summed E-state index contributed by atoms with van der Waals surface area (Å²) in [7, 11) is 0. The SMILES string of the molecule is CC(C)OCC(=O)NCC1CCCOC1. The van der Waals surface area contributed by atoms with Gasteiger partial charge in [0, 0.05) is 13.2 Å². The Morgan fingerprint density at radius 1 is 1.60 bits per heavy atom. The zero-order chi connectivity index (χ0) is 11.1. The van der Waals surface area contributed by atoms with E-state index in [0.29, 0.717) is 12.5 Å². The van der Waals surface area contributed by atoms with E-state index in [1.807, 2.05) is 13.8 Å². The first-order valence-corrected chi connectivity index (χ1v) is 5.64. The Morgan fingerprint density at radius 2 is 2.40 bits per heavy atom. The number of amides is 1. The molecule has 0 aromatic carbocycles. The van der Waals surface area contributed by atoms with E-state index in [9.17, 15) is 4.79 Å². The van der Waals surface area contributed by atoms with Crippen LogP contribution >= 0.6 is 0 Å². The third-order valence-corrected chi connectivity index (χ3v) is 2.39. The van der Waals surface area contributed by atoms with E-state index in [-0.39, 0.29) is 18.6 Å². The van der Waals surface area contributed by atoms with Crippen molar-refractivity contribution >= 4 is 5.91 Å². The summed E-state index contributed by atoms with van der Waals surface area (Å²) in [6, 6.07) is 0. The van der Waals surface area contributed by atoms with Crippen LogP contribution in [-0.4, -0.2) is 38.4 Å². The lowest BCUT2D eigenvalue weighted by atomic mass is 10.0. The first kappa shape index (κ1) is 12.5. The lowest BCUT2D eigenvalue weighted by Gasteiger charge is -2.22. The topological polar surface area (TPSA) is 47.6 Å². The van der Waals surface area contributed by atoms with Gasteiger partial charge >= 0.3 is 0 Å². The molecule has 88 valence electrons. The van der Waals surface area contributed by atoms with Gasteiger partial charge in [0.1, 0.15) is 6.61 Å². The molecular formula is C11H21NO3. The molecule has 0 bridgehead atoms. The smallest absolute Gasteiger partial charge is 0.246 e. The molecule has 1 rings (SSSR count). The fraction of sp³-hybridized carbons (Fsp3) is 0.909. The summed E-state index contributed by atoms with van der Waals surface area (Å²) in [5.74, 6) is 0.441. The lowest BCUT2D eigenvalue weighted by molar-refractivity contribution is -0.127. The van der Waals surface area contributed by atoms with Gasteiger partial charge < -0.3 is 14.8 Å². The molecule has 4 nitrogen and oxygen atoms in total. The summed E-state index contributed by atoms with van der Waals surface area (Å²) in [5.41, 5.74) is 0. The van der Waals surface area contributed by atoms with E-state index in [2.05, 4.69) is 5.32 Å². The molecule has 0 aliphatic carbocycles. The first-order chi connectivity index (χ1) is 7.18. The summed E-state index contributed by atoms with van der Waals surface area (Å²) in [5, 5.41) is 2.86. The van der Waals surface area contributed by atoms with Gasteiger partial charge in [-0.25, -0.2) is 0 Å². The maximum absolute atomic E-state index is 11.3. The summed E-state index contributed by atoms with van der Waals surface area (Å²) < 4.78 is 10.5. The van der Waals surface area contributed by atoms with E-state index in [1.165, 1.54) is 0 Å². The molecule has 1 aliphatic rings. The summed E-state index contributed by atoms with van der Waals surface area (Å²) in [6.07, 6.45) is 2.35. The summed E-state index contributed by atoms with van der Waals surface area (Å²) in [4.78, 5) is 11.3. The third-order valence-electron chi connectivity index (χ3n) is 2.39. The van der Waals surface area contributed by atoms with Gasteiger partial charge in [-0.15, -0.1) is 0 Å². The van der Waals surface area contributed by atoms with Crippen LogP contribution in [0.2, 0.25) is 0 Å². The predicted octanol–water partition coefficient (Wildman–Crippen LogP) is 0.954. The van der Waals surface area contributed by atoms with Crippen LogP contribution in [0.15, 0.2) is 0 Å². The fourth-order valence-corrected chi connectivity index (χ4v) is 1.52. The molecule has 1 fully saturated rings. The number of nitrogens with one attached hydrogen (secondary N) is 1. The third kappa shape index (κ3) is 5.74. The number of hydrogen-bond acceptors (Lipinski definition) is 3. The quantitative estimate of drug-likeness (QED) is 0.743. The van der Waals surface area contributed by atoms with Gasteiger partial charge in [0.25, 0.3) is 0 Å². The highest BCUT2D eigenvalue weighted by molar-refractivity contribution is 5.77. The van der Waals surface area contributed by atoms with Gasteiger partial charge in [0.15, 0.2) is 0 Å². The highest BCUT2D eigenvalue weighted by atomic mass is 16.5. The van der Waals surface area contributed by atoms with Crippen LogP contribution in [0.4, 0.5) is 0 Å². The second-order valence-corrected chi connectivity index (χ2v) is 4.25. The van der Waals surface area contributed by atoms with E-state index < -0.39 is 0 Å². The van der Waals surface area contributed by atoms with Gasteiger partial charge in [-0.3, -0.25) is 4.79 Å². The van der Waals surface area contributed by atoms with E-state index >= 15 is 0 Å². The number of rotatable bonds is 5. The second kappa shape index (κ2) is 6.80. The zero-order valence-corrected chi connectivity index (χ0v) is 9.62. The molecule has 0 aromatic heterocycles. The molecule has 0 radical (unpaired) electrons. The van der Waals surface area contributed by atoms with Crippen LogP contribution in [0.3, 0.4) is 0 Å². The Kier molecular flexibility index (Phi) is 5.65. The first-order valence-electron chi connectivity index (χ1n) is 5.64. The highest BCUT2D eigenvalue weighted by Gasteiger charge is 2.14. The van der Waals surface area contributed by atoms with Crippen LogP contribution in [0, 0.1) is 5.92 Å². The molecule has 0 aromatic rings. The molecule has 0 spiro atoms. The summed E-state index contributed by atoms with van der Waals surface area (Å²) in [6.45, 7) is 6.34. The van der Waals surface area contributed by atoms with Crippen molar-refractivity contribution in [1.29, 1.82) is 0 Å². The Morgan fingerprint density at radius 3 is 3.00 bits per heavy atom.